The Hall–Kier alpha value is -1.03. The summed E-state index contributed by atoms with van der Waals surface area (Å²) in [6.07, 6.45) is 5.55. The molecule has 0 unspecified atom stereocenters. The van der Waals surface area contributed by atoms with Crippen molar-refractivity contribution in [3.63, 3.8) is 0 Å². The molecule has 1 aromatic rings. The molecule has 0 aliphatic carbocycles. The number of hydrogen-bond donors (Lipinski definition) is 0. The van der Waals surface area contributed by atoms with Crippen molar-refractivity contribution in [2.75, 3.05) is 26.2 Å². The standard InChI is InChI=1S/C10H16N2O2/c1-2-5-12(6-3-1)7-9-13-10-4-8-14-11-10/h4,8H,1-3,5-7,9H2. The molecule has 0 amide bonds. The molecule has 0 atom stereocenters. The molecule has 0 radical (unpaired) electrons. The van der Waals surface area contributed by atoms with Crippen LogP contribution >= 0.6 is 0 Å². The molecule has 0 bridgehead atoms. The van der Waals surface area contributed by atoms with Crippen LogP contribution in [0.2, 0.25) is 0 Å². The number of rotatable bonds is 4. The Morgan fingerprint density at radius 3 is 2.93 bits per heavy atom. The van der Waals surface area contributed by atoms with E-state index in [4.69, 9.17) is 4.74 Å². The summed E-state index contributed by atoms with van der Waals surface area (Å²) in [5.74, 6) is 0.585. The van der Waals surface area contributed by atoms with Crippen LogP contribution in [0.25, 0.3) is 0 Å². The van der Waals surface area contributed by atoms with Crippen molar-refractivity contribution in [2.24, 2.45) is 0 Å². The summed E-state index contributed by atoms with van der Waals surface area (Å²) >= 11 is 0. The van der Waals surface area contributed by atoms with Gasteiger partial charge in [-0.15, -0.1) is 0 Å². The van der Waals surface area contributed by atoms with Crippen molar-refractivity contribution in [2.45, 2.75) is 19.3 Å². The van der Waals surface area contributed by atoms with Gasteiger partial charge in [0.1, 0.15) is 12.9 Å². The summed E-state index contributed by atoms with van der Waals surface area (Å²) in [5, 5.41) is 3.68. The van der Waals surface area contributed by atoms with Crippen molar-refractivity contribution in [3.8, 4) is 5.88 Å². The van der Waals surface area contributed by atoms with Crippen molar-refractivity contribution in [1.82, 2.24) is 10.1 Å². The lowest BCUT2D eigenvalue weighted by molar-refractivity contribution is 0.177. The molecule has 4 heteroatoms. The molecular formula is C10H16N2O2. The summed E-state index contributed by atoms with van der Waals surface area (Å²) in [5.41, 5.74) is 0. The molecule has 14 heavy (non-hydrogen) atoms. The second-order valence-corrected chi connectivity index (χ2v) is 3.59. The zero-order valence-corrected chi connectivity index (χ0v) is 8.32. The van der Waals surface area contributed by atoms with Crippen molar-refractivity contribution < 1.29 is 9.26 Å². The second-order valence-electron chi connectivity index (χ2n) is 3.59. The number of nitrogens with zero attached hydrogens (tertiary/aromatic N) is 2. The van der Waals surface area contributed by atoms with E-state index < -0.39 is 0 Å². The van der Waals surface area contributed by atoms with E-state index in [2.05, 4.69) is 14.6 Å². The molecule has 0 N–H and O–H groups in total. The third-order valence-electron chi connectivity index (χ3n) is 2.52. The van der Waals surface area contributed by atoms with Crippen LogP contribution in [0.15, 0.2) is 16.9 Å². The van der Waals surface area contributed by atoms with Crippen LogP contribution in [0.3, 0.4) is 0 Å². The van der Waals surface area contributed by atoms with Crippen molar-refractivity contribution >= 4 is 0 Å². The molecule has 0 saturated carbocycles. The largest absolute Gasteiger partial charge is 0.474 e. The second kappa shape index (κ2) is 5.00. The molecule has 4 nitrogen and oxygen atoms in total. The molecule has 78 valence electrons. The lowest BCUT2D eigenvalue weighted by Crippen LogP contribution is -2.33. The van der Waals surface area contributed by atoms with Crippen LogP contribution in [-0.4, -0.2) is 36.3 Å². The zero-order chi connectivity index (χ0) is 9.64. The molecule has 0 spiro atoms. The van der Waals surface area contributed by atoms with Crippen LogP contribution in [0.4, 0.5) is 0 Å². The lowest BCUT2D eigenvalue weighted by Gasteiger charge is -2.25. The van der Waals surface area contributed by atoms with Gasteiger partial charge in [0.15, 0.2) is 0 Å². The van der Waals surface area contributed by atoms with Gasteiger partial charge >= 0.3 is 0 Å². The number of piperidine rings is 1. The van der Waals surface area contributed by atoms with E-state index in [0.717, 1.165) is 6.54 Å². The van der Waals surface area contributed by atoms with Gasteiger partial charge in [0.2, 0.25) is 0 Å². The zero-order valence-electron chi connectivity index (χ0n) is 8.32. The van der Waals surface area contributed by atoms with Crippen LogP contribution in [0.5, 0.6) is 5.88 Å². The van der Waals surface area contributed by atoms with Gasteiger partial charge in [-0.2, -0.15) is 0 Å². The fourth-order valence-corrected chi connectivity index (χ4v) is 1.74. The first kappa shape index (κ1) is 9.52. The first-order valence-electron chi connectivity index (χ1n) is 5.21. The molecule has 1 aromatic heterocycles. The lowest BCUT2D eigenvalue weighted by atomic mass is 10.1. The Balaban J connectivity index is 1.62. The summed E-state index contributed by atoms with van der Waals surface area (Å²) in [6, 6.07) is 1.73. The Kier molecular flexibility index (Phi) is 3.40. The number of hydrogen-bond acceptors (Lipinski definition) is 4. The topological polar surface area (TPSA) is 38.5 Å². The maximum absolute atomic E-state index is 5.40. The third kappa shape index (κ3) is 2.73. The van der Waals surface area contributed by atoms with Crippen LogP contribution in [0.1, 0.15) is 19.3 Å². The summed E-state index contributed by atoms with van der Waals surface area (Å²) in [4.78, 5) is 2.43. The minimum atomic E-state index is 0.585. The van der Waals surface area contributed by atoms with Gasteiger partial charge in [-0.25, -0.2) is 0 Å². The van der Waals surface area contributed by atoms with E-state index in [-0.39, 0.29) is 0 Å². The van der Waals surface area contributed by atoms with Crippen LogP contribution in [0, 0.1) is 0 Å². The maximum atomic E-state index is 5.40. The number of ether oxygens (including phenoxy) is 1. The van der Waals surface area contributed by atoms with Gasteiger partial charge in [-0.3, -0.25) is 4.90 Å². The molecule has 1 saturated heterocycles. The molecule has 1 aliphatic rings. The Morgan fingerprint density at radius 2 is 2.21 bits per heavy atom. The van der Waals surface area contributed by atoms with E-state index in [9.17, 15) is 0 Å². The van der Waals surface area contributed by atoms with Gasteiger partial charge in [0.05, 0.1) is 0 Å². The SMILES string of the molecule is c1cc(OCCN2CCCCC2)no1. The van der Waals surface area contributed by atoms with Crippen LogP contribution < -0.4 is 4.74 Å². The monoisotopic (exact) mass is 196 g/mol. The Morgan fingerprint density at radius 1 is 1.36 bits per heavy atom. The van der Waals surface area contributed by atoms with E-state index in [1.807, 2.05) is 0 Å². The van der Waals surface area contributed by atoms with E-state index in [0.29, 0.717) is 12.5 Å². The smallest absolute Gasteiger partial charge is 0.254 e. The summed E-state index contributed by atoms with van der Waals surface area (Å²) in [7, 11) is 0. The van der Waals surface area contributed by atoms with Gasteiger partial charge in [0, 0.05) is 12.6 Å². The third-order valence-corrected chi connectivity index (χ3v) is 2.52. The minimum Gasteiger partial charge on any atom is -0.474 e. The fourth-order valence-electron chi connectivity index (χ4n) is 1.74. The maximum Gasteiger partial charge on any atom is 0.254 e. The molecule has 0 aromatic carbocycles. The fraction of sp³-hybridized carbons (Fsp3) is 0.700. The predicted molar refractivity (Wildman–Crippen MR) is 52.3 cm³/mol. The highest BCUT2D eigenvalue weighted by Gasteiger charge is 2.09. The average Bonchev–Trinajstić information content (AvgIpc) is 2.72. The molecule has 2 heterocycles. The minimum absolute atomic E-state index is 0.585. The first-order valence-corrected chi connectivity index (χ1v) is 5.21. The van der Waals surface area contributed by atoms with E-state index in [1.54, 1.807) is 6.07 Å². The predicted octanol–water partition coefficient (Wildman–Crippen LogP) is 1.54. The summed E-state index contributed by atoms with van der Waals surface area (Å²) < 4.78 is 10.1. The van der Waals surface area contributed by atoms with Crippen molar-refractivity contribution in [1.29, 1.82) is 0 Å². The van der Waals surface area contributed by atoms with E-state index in [1.165, 1.54) is 38.6 Å². The Bertz CT molecular complexity index is 243. The van der Waals surface area contributed by atoms with Crippen molar-refractivity contribution in [3.05, 3.63) is 12.3 Å². The highest BCUT2D eigenvalue weighted by atomic mass is 16.5. The van der Waals surface area contributed by atoms with E-state index >= 15 is 0 Å². The van der Waals surface area contributed by atoms with Gasteiger partial charge in [-0.1, -0.05) is 6.42 Å². The molecule has 2 rings (SSSR count). The van der Waals surface area contributed by atoms with Gasteiger partial charge < -0.3 is 9.26 Å². The number of likely N-dealkylation sites (tertiary alicyclic amines) is 1. The van der Waals surface area contributed by atoms with Crippen LogP contribution in [-0.2, 0) is 0 Å². The van der Waals surface area contributed by atoms with Gasteiger partial charge in [-0.05, 0) is 31.1 Å². The summed E-state index contributed by atoms with van der Waals surface area (Å²) in [6.45, 7) is 4.11. The molecule has 1 fully saturated rings. The highest BCUT2D eigenvalue weighted by molar-refractivity contribution is 5.01. The molecule has 1 aliphatic heterocycles. The average molecular weight is 196 g/mol. The number of aromatic nitrogens is 1. The quantitative estimate of drug-likeness (QED) is 0.732. The normalized spacial score (nSPS) is 18.3. The van der Waals surface area contributed by atoms with Gasteiger partial charge in [0.25, 0.3) is 5.88 Å². The first-order chi connectivity index (χ1) is 6.95. The highest BCUT2D eigenvalue weighted by Crippen LogP contribution is 2.09. The Labute approximate surface area is 83.8 Å². The molecular weight excluding hydrogens is 180 g/mol.